The number of aromatic nitrogens is 2. The van der Waals surface area contributed by atoms with Crippen molar-refractivity contribution in [3.8, 4) is 34.9 Å². The molecule has 4 aromatic rings. The van der Waals surface area contributed by atoms with Crippen LogP contribution in [0.25, 0.3) is 11.4 Å². The van der Waals surface area contributed by atoms with Crippen molar-refractivity contribution < 1.29 is 30.0 Å². The number of amides is 2. The molecule has 0 radical (unpaired) electrons. The zero-order valence-electron chi connectivity index (χ0n) is 23.3. The van der Waals surface area contributed by atoms with Crippen molar-refractivity contribution in [1.29, 1.82) is 0 Å². The molecule has 0 saturated heterocycles. The molecule has 0 aliphatic rings. The molecule has 0 spiro atoms. The number of aryl methyl sites for hydroxylation is 2. The molecule has 2 amide bonds. The van der Waals surface area contributed by atoms with E-state index in [1.165, 1.54) is 35.1 Å². The molecule has 10 nitrogen and oxygen atoms in total. The normalized spacial score (nSPS) is 10.8. The van der Waals surface area contributed by atoms with Crippen LogP contribution < -0.4 is 9.80 Å². The topological polar surface area (TPSA) is 131 Å². The maximum absolute atomic E-state index is 13.4. The smallest absolute Gasteiger partial charge is 0.254 e. The standard InChI is InChI=1S/C31H32N4O6/c1-18(2)28(38)32(24-15-26(36)34(30(24)40)22-13-9-7-11-20(22)5)17-33(29(39)19(3)4)25-16-27(37)35(31(25)41)23-14-10-8-12-21(23)6/h7-16,36-37,40-41H,1,3,17H2,2,4-6H3. The van der Waals surface area contributed by atoms with Gasteiger partial charge in [0.15, 0.2) is 0 Å². The molecule has 0 aliphatic heterocycles. The predicted octanol–water partition coefficient (Wildman–Crippen LogP) is 5.18. The number of aromatic hydroxyl groups is 4. The van der Waals surface area contributed by atoms with E-state index in [0.717, 1.165) is 20.9 Å². The zero-order chi connectivity index (χ0) is 30.2. The van der Waals surface area contributed by atoms with Crippen molar-refractivity contribution in [3.05, 3.63) is 96.1 Å². The van der Waals surface area contributed by atoms with Crippen molar-refractivity contribution in [2.45, 2.75) is 27.7 Å². The third-order valence-electron chi connectivity index (χ3n) is 6.67. The van der Waals surface area contributed by atoms with E-state index in [9.17, 15) is 30.0 Å². The van der Waals surface area contributed by atoms with Crippen molar-refractivity contribution in [3.63, 3.8) is 0 Å². The number of para-hydroxylation sites is 2. The summed E-state index contributed by atoms with van der Waals surface area (Å²) in [6.45, 7) is 13.4. The highest BCUT2D eigenvalue weighted by Crippen LogP contribution is 2.42. The Morgan fingerprint density at radius 1 is 0.683 bits per heavy atom. The van der Waals surface area contributed by atoms with Gasteiger partial charge in [0.05, 0.1) is 11.4 Å². The minimum atomic E-state index is -0.663. The summed E-state index contributed by atoms with van der Waals surface area (Å²) >= 11 is 0. The summed E-state index contributed by atoms with van der Waals surface area (Å²) in [5.74, 6) is -2.95. The number of anilines is 2. The van der Waals surface area contributed by atoms with Crippen LogP contribution >= 0.6 is 0 Å². The molecule has 10 heteroatoms. The lowest BCUT2D eigenvalue weighted by Crippen LogP contribution is -2.45. The lowest BCUT2D eigenvalue weighted by molar-refractivity contribution is -0.116. The molecule has 212 valence electrons. The minimum absolute atomic E-state index is 0.0832. The second-order valence-electron chi connectivity index (χ2n) is 9.84. The Hall–Kier alpha value is -5.38. The number of benzene rings is 2. The van der Waals surface area contributed by atoms with Crippen molar-refractivity contribution >= 4 is 23.2 Å². The molecule has 0 atom stereocenters. The molecule has 0 saturated carbocycles. The Morgan fingerprint density at radius 2 is 1.02 bits per heavy atom. The first-order chi connectivity index (χ1) is 19.3. The fourth-order valence-electron chi connectivity index (χ4n) is 4.55. The van der Waals surface area contributed by atoms with E-state index in [2.05, 4.69) is 13.2 Å². The first-order valence-electron chi connectivity index (χ1n) is 12.7. The second kappa shape index (κ2) is 11.0. The van der Waals surface area contributed by atoms with Gasteiger partial charge in [-0.2, -0.15) is 0 Å². The van der Waals surface area contributed by atoms with E-state index < -0.39 is 30.2 Å². The molecule has 4 rings (SSSR count). The Kier molecular flexibility index (Phi) is 7.69. The Balaban J connectivity index is 1.89. The average molecular weight is 557 g/mol. The van der Waals surface area contributed by atoms with Gasteiger partial charge in [-0.3, -0.25) is 19.4 Å². The van der Waals surface area contributed by atoms with E-state index >= 15 is 0 Å². The van der Waals surface area contributed by atoms with Crippen LogP contribution in [0.5, 0.6) is 23.5 Å². The summed E-state index contributed by atoms with van der Waals surface area (Å²) in [7, 11) is 0. The summed E-state index contributed by atoms with van der Waals surface area (Å²) in [6, 6.07) is 16.5. The third-order valence-corrected chi connectivity index (χ3v) is 6.67. The van der Waals surface area contributed by atoms with Crippen molar-refractivity contribution in [2.75, 3.05) is 16.5 Å². The Bertz CT molecular complexity index is 1570. The van der Waals surface area contributed by atoms with Gasteiger partial charge in [0.2, 0.25) is 23.5 Å². The van der Waals surface area contributed by atoms with E-state index in [4.69, 9.17) is 0 Å². The van der Waals surface area contributed by atoms with Gasteiger partial charge in [0.25, 0.3) is 11.8 Å². The average Bonchev–Trinajstić information content (AvgIpc) is 3.38. The highest BCUT2D eigenvalue weighted by Gasteiger charge is 2.32. The summed E-state index contributed by atoms with van der Waals surface area (Å²) in [5, 5.41) is 44.2. The van der Waals surface area contributed by atoms with Crippen molar-refractivity contribution in [1.82, 2.24) is 9.13 Å². The van der Waals surface area contributed by atoms with Gasteiger partial charge in [-0.05, 0) is 51.0 Å². The van der Waals surface area contributed by atoms with Crippen LogP contribution in [0.4, 0.5) is 11.4 Å². The molecule has 2 aromatic heterocycles. The maximum atomic E-state index is 13.4. The molecule has 0 fully saturated rings. The van der Waals surface area contributed by atoms with Gasteiger partial charge in [-0.25, -0.2) is 9.13 Å². The molecular formula is C31H32N4O6. The van der Waals surface area contributed by atoms with Gasteiger partial charge in [-0.1, -0.05) is 49.6 Å². The van der Waals surface area contributed by atoms with Gasteiger partial charge in [0.1, 0.15) is 18.0 Å². The molecule has 0 unspecified atom stereocenters. The van der Waals surface area contributed by atoms with E-state index in [1.54, 1.807) is 62.4 Å². The number of carbonyl (C=O) groups is 2. The third kappa shape index (κ3) is 5.14. The molecular weight excluding hydrogens is 524 g/mol. The fraction of sp³-hybridized carbons (Fsp3) is 0.161. The van der Waals surface area contributed by atoms with Gasteiger partial charge in [-0.15, -0.1) is 0 Å². The SMILES string of the molecule is C=C(C)C(=O)N(CN(C(=O)C(=C)C)c1cc(O)n(-c2ccccc2C)c1O)c1cc(O)n(-c2ccccc2C)c1O. The van der Waals surface area contributed by atoms with Crippen LogP contribution in [0.2, 0.25) is 0 Å². The summed E-state index contributed by atoms with van der Waals surface area (Å²) < 4.78 is 2.35. The zero-order valence-corrected chi connectivity index (χ0v) is 23.3. The lowest BCUT2D eigenvalue weighted by Gasteiger charge is -2.30. The Labute approximate surface area is 237 Å². The van der Waals surface area contributed by atoms with Crippen LogP contribution in [0.1, 0.15) is 25.0 Å². The molecule has 2 heterocycles. The van der Waals surface area contributed by atoms with Crippen molar-refractivity contribution in [2.24, 2.45) is 0 Å². The molecule has 0 aliphatic carbocycles. The summed E-state index contributed by atoms with van der Waals surface area (Å²) in [5.41, 5.74) is 2.39. The molecule has 0 bridgehead atoms. The first kappa shape index (κ1) is 28.6. The largest absolute Gasteiger partial charge is 0.494 e. The predicted molar refractivity (Wildman–Crippen MR) is 157 cm³/mol. The monoisotopic (exact) mass is 556 g/mol. The summed E-state index contributed by atoms with van der Waals surface area (Å²) in [4.78, 5) is 29.0. The van der Waals surface area contributed by atoms with Gasteiger partial charge < -0.3 is 20.4 Å². The lowest BCUT2D eigenvalue weighted by atomic mass is 10.2. The first-order valence-corrected chi connectivity index (χ1v) is 12.7. The van der Waals surface area contributed by atoms with Crippen LogP contribution in [0.15, 0.2) is 85.0 Å². The number of hydrogen-bond donors (Lipinski definition) is 4. The summed E-state index contributed by atoms with van der Waals surface area (Å²) in [6.07, 6.45) is 0. The highest BCUT2D eigenvalue weighted by molar-refractivity contribution is 6.10. The molecule has 4 N–H and O–H groups in total. The highest BCUT2D eigenvalue weighted by atomic mass is 16.3. The Morgan fingerprint density at radius 3 is 1.34 bits per heavy atom. The van der Waals surface area contributed by atoms with Gasteiger partial charge in [0, 0.05) is 23.3 Å². The maximum Gasteiger partial charge on any atom is 0.254 e. The molecule has 41 heavy (non-hydrogen) atoms. The van der Waals surface area contributed by atoms with E-state index in [1.807, 2.05) is 0 Å². The minimum Gasteiger partial charge on any atom is -0.494 e. The molecule has 2 aromatic carbocycles. The van der Waals surface area contributed by atoms with Crippen LogP contribution in [0, 0.1) is 13.8 Å². The second-order valence-corrected chi connectivity index (χ2v) is 9.84. The van der Waals surface area contributed by atoms with E-state index in [0.29, 0.717) is 11.4 Å². The van der Waals surface area contributed by atoms with Crippen LogP contribution in [0.3, 0.4) is 0 Å². The number of hydrogen-bond acceptors (Lipinski definition) is 6. The number of carbonyl (C=O) groups excluding carboxylic acids is 2. The van der Waals surface area contributed by atoms with Gasteiger partial charge >= 0.3 is 0 Å². The fourth-order valence-corrected chi connectivity index (χ4v) is 4.55. The number of rotatable bonds is 8. The van der Waals surface area contributed by atoms with E-state index in [-0.39, 0.29) is 34.3 Å². The number of nitrogens with zero attached hydrogens (tertiary/aromatic N) is 4. The van der Waals surface area contributed by atoms with Crippen LogP contribution in [-0.2, 0) is 9.59 Å². The quantitative estimate of drug-likeness (QED) is 0.175. The van der Waals surface area contributed by atoms with Crippen LogP contribution in [-0.4, -0.2) is 48.0 Å².